The standard InChI is InChI=1S/C21H24F2N6O3S/c1-2-5-33-21-25-19(24-13-7-10(13)9-3-4-11(22)12(23)6-9)16-20(26-21)29(28-27-16)14-8-15(30)18(32)17(14)31/h3-4,6,10,13-15,17-18,30-32H,2,5,7-8H2,1H3,(H,24,25,26)/t10-,13+,14+,15+,17-,18+/m0/s1. The summed E-state index contributed by atoms with van der Waals surface area (Å²) < 4.78 is 28.4. The van der Waals surface area contributed by atoms with E-state index in [0.717, 1.165) is 24.7 Å². The smallest absolute Gasteiger partial charge is 0.191 e. The molecule has 2 aromatic heterocycles. The van der Waals surface area contributed by atoms with Gasteiger partial charge in [-0.3, -0.25) is 0 Å². The number of anilines is 1. The minimum absolute atomic E-state index is 0.00820. The van der Waals surface area contributed by atoms with Crippen molar-refractivity contribution in [3.8, 4) is 0 Å². The maximum Gasteiger partial charge on any atom is 0.191 e. The molecule has 6 atom stereocenters. The second kappa shape index (κ2) is 8.75. The van der Waals surface area contributed by atoms with Crippen LogP contribution in [0.4, 0.5) is 14.6 Å². The molecule has 4 N–H and O–H groups in total. The SMILES string of the molecule is CCCSc1nc(N[C@@H]2C[C@H]2c2ccc(F)c(F)c2)c2nnn([C@@H]3C[C@@H](O)[C@@H](O)[C@H]3O)c2n1. The largest absolute Gasteiger partial charge is 0.390 e. The van der Waals surface area contributed by atoms with E-state index in [1.54, 1.807) is 6.07 Å². The minimum Gasteiger partial charge on any atom is -0.390 e. The van der Waals surface area contributed by atoms with E-state index in [-0.39, 0.29) is 18.4 Å². The molecular formula is C21H24F2N6O3S. The number of nitrogens with one attached hydrogen (secondary N) is 1. The van der Waals surface area contributed by atoms with Crippen molar-refractivity contribution in [1.82, 2.24) is 25.0 Å². The number of hydrogen-bond donors (Lipinski definition) is 4. The van der Waals surface area contributed by atoms with Crippen LogP contribution in [0.1, 0.15) is 43.7 Å². The number of aliphatic hydroxyl groups excluding tert-OH is 3. The van der Waals surface area contributed by atoms with Gasteiger partial charge in [-0.25, -0.2) is 23.4 Å². The monoisotopic (exact) mass is 478 g/mol. The van der Waals surface area contributed by atoms with Crippen molar-refractivity contribution in [2.75, 3.05) is 11.1 Å². The van der Waals surface area contributed by atoms with Crippen molar-refractivity contribution in [1.29, 1.82) is 0 Å². The maximum atomic E-state index is 13.6. The van der Waals surface area contributed by atoms with Gasteiger partial charge in [-0.05, 0) is 30.5 Å². The molecule has 33 heavy (non-hydrogen) atoms. The summed E-state index contributed by atoms with van der Waals surface area (Å²) >= 11 is 1.47. The van der Waals surface area contributed by atoms with Crippen molar-refractivity contribution < 1.29 is 24.1 Å². The van der Waals surface area contributed by atoms with Gasteiger partial charge in [0.1, 0.15) is 12.2 Å². The molecule has 9 nitrogen and oxygen atoms in total. The first-order valence-corrected chi connectivity index (χ1v) is 11.9. The van der Waals surface area contributed by atoms with E-state index in [1.165, 1.54) is 22.5 Å². The van der Waals surface area contributed by atoms with E-state index >= 15 is 0 Å². The normalized spacial score (nSPS) is 29.0. The van der Waals surface area contributed by atoms with Crippen molar-refractivity contribution in [2.24, 2.45) is 0 Å². The number of nitrogens with zero attached hydrogens (tertiary/aromatic N) is 5. The fourth-order valence-corrected chi connectivity index (χ4v) is 4.95. The Bertz CT molecular complexity index is 1180. The fraction of sp³-hybridized carbons (Fsp3) is 0.524. The highest BCUT2D eigenvalue weighted by molar-refractivity contribution is 7.99. The first kappa shape index (κ1) is 22.4. The van der Waals surface area contributed by atoms with Gasteiger partial charge in [0, 0.05) is 24.1 Å². The Balaban J connectivity index is 1.45. The molecule has 3 aromatic rings. The van der Waals surface area contributed by atoms with Gasteiger partial charge in [-0.2, -0.15) is 0 Å². The van der Waals surface area contributed by atoms with Crippen LogP contribution in [0, 0.1) is 11.6 Å². The summed E-state index contributed by atoms with van der Waals surface area (Å²) in [5.41, 5.74) is 1.49. The lowest BCUT2D eigenvalue weighted by atomic mass is 10.1. The Hall–Kier alpha value is -2.41. The topological polar surface area (TPSA) is 129 Å². The maximum absolute atomic E-state index is 13.6. The number of thioether (sulfide) groups is 1. The Morgan fingerprint density at radius 3 is 2.64 bits per heavy atom. The quantitative estimate of drug-likeness (QED) is 0.298. The van der Waals surface area contributed by atoms with Crippen LogP contribution in [0.25, 0.3) is 11.2 Å². The third kappa shape index (κ3) is 4.16. The Morgan fingerprint density at radius 1 is 1.12 bits per heavy atom. The zero-order chi connectivity index (χ0) is 23.3. The van der Waals surface area contributed by atoms with E-state index in [9.17, 15) is 24.1 Å². The van der Waals surface area contributed by atoms with E-state index < -0.39 is 36.0 Å². The summed E-state index contributed by atoms with van der Waals surface area (Å²) in [7, 11) is 0. The predicted molar refractivity (Wildman–Crippen MR) is 117 cm³/mol. The Morgan fingerprint density at radius 2 is 1.94 bits per heavy atom. The zero-order valence-electron chi connectivity index (χ0n) is 17.8. The molecule has 0 bridgehead atoms. The van der Waals surface area contributed by atoms with Crippen molar-refractivity contribution in [3.05, 3.63) is 35.4 Å². The predicted octanol–water partition coefficient (Wildman–Crippen LogP) is 2.00. The molecule has 2 aliphatic carbocycles. The summed E-state index contributed by atoms with van der Waals surface area (Å²) in [6, 6.07) is 3.21. The van der Waals surface area contributed by atoms with Gasteiger partial charge in [0.25, 0.3) is 0 Å². The van der Waals surface area contributed by atoms with E-state index in [1.807, 2.05) is 6.92 Å². The lowest BCUT2D eigenvalue weighted by Gasteiger charge is -2.16. The van der Waals surface area contributed by atoms with Crippen LogP contribution >= 0.6 is 11.8 Å². The van der Waals surface area contributed by atoms with Gasteiger partial charge in [0.15, 0.2) is 33.8 Å². The number of aromatic nitrogens is 5. The van der Waals surface area contributed by atoms with E-state index in [2.05, 4.69) is 25.6 Å². The molecule has 5 rings (SSSR count). The van der Waals surface area contributed by atoms with E-state index in [4.69, 9.17) is 0 Å². The summed E-state index contributed by atoms with van der Waals surface area (Å²) in [5.74, 6) is -0.470. The molecule has 0 spiro atoms. The zero-order valence-corrected chi connectivity index (χ0v) is 18.6. The van der Waals surface area contributed by atoms with Gasteiger partial charge < -0.3 is 20.6 Å². The molecule has 1 aromatic carbocycles. The first-order chi connectivity index (χ1) is 15.9. The number of benzene rings is 1. The van der Waals surface area contributed by atoms with Gasteiger partial charge in [0.2, 0.25) is 0 Å². The number of rotatable bonds is 7. The van der Waals surface area contributed by atoms with Crippen molar-refractivity contribution in [3.63, 3.8) is 0 Å². The molecule has 12 heteroatoms. The highest BCUT2D eigenvalue weighted by atomic mass is 32.2. The average Bonchev–Trinajstić information content (AvgIpc) is 3.36. The van der Waals surface area contributed by atoms with Crippen LogP contribution in [-0.2, 0) is 0 Å². The number of aliphatic hydroxyl groups is 3. The molecule has 2 heterocycles. The molecule has 2 fully saturated rings. The number of halogens is 2. The summed E-state index contributed by atoms with van der Waals surface area (Å²) in [6.45, 7) is 2.05. The number of hydrogen-bond acceptors (Lipinski definition) is 9. The molecular weight excluding hydrogens is 454 g/mol. The molecule has 0 saturated heterocycles. The fourth-order valence-electron chi connectivity index (χ4n) is 4.26. The summed E-state index contributed by atoms with van der Waals surface area (Å²) in [5, 5.41) is 42.5. The summed E-state index contributed by atoms with van der Waals surface area (Å²) in [6.07, 6.45) is -1.78. The molecule has 0 unspecified atom stereocenters. The number of fused-ring (bicyclic) bond motifs is 1. The van der Waals surface area contributed by atoms with Crippen LogP contribution in [0.2, 0.25) is 0 Å². The van der Waals surface area contributed by atoms with Gasteiger partial charge >= 0.3 is 0 Å². The first-order valence-electron chi connectivity index (χ1n) is 10.9. The van der Waals surface area contributed by atoms with Gasteiger partial charge in [-0.1, -0.05) is 30.0 Å². The highest BCUT2D eigenvalue weighted by Gasteiger charge is 2.44. The minimum atomic E-state index is -1.27. The molecule has 0 radical (unpaired) electrons. The van der Waals surface area contributed by atoms with Crippen molar-refractivity contribution in [2.45, 2.75) is 67.7 Å². The van der Waals surface area contributed by atoms with Crippen LogP contribution in [-0.4, -0.2) is 70.4 Å². The average molecular weight is 479 g/mol. The molecule has 2 aliphatic rings. The highest BCUT2D eigenvalue weighted by Crippen LogP contribution is 2.44. The Kier molecular flexibility index (Phi) is 5.93. The Labute approximate surface area is 192 Å². The van der Waals surface area contributed by atoms with Crippen LogP contribution in [0.15, 0.2) is 23.4 Å². The van der Waals surface area contributed by atoms with Crippen LogP contribution in [0.3, 0.4) is 0 Å². The molecule has 176 valence electrons. The van der Waals surface area contributed by atoms with E-state index in [0.29, 0.717) is 27.7 Å². The third-order valence-corrected chi connectivity index (χ3v) is 7.21. The third-order valence-electron chi connectivity index (χ3n) is 6.16. The molecule has 0 aliphatic heterocycles. The van der Waals surface area contributed by atoms with Crippen LogP contribution < -0.4 is 5.32 Å². The second-order valence-electron chi connectivity index (χ2n) is 8.53. The van der Waals surface area contributed by atoms with Gasteiger partial charge in [-0.15, -0.1) is 5.10 Å². The molecule has 0 amide bonds. The van der Waals surface area contributed by atoms with Gasteiger partial charge in [0.05, 0.1) is 12.1 Å². The molecule has 2 saturated carbocycles. The lowest BCUT2D eigenvalue weighted by molar-refractivity contribution is -0.0253. The van der Waals surface area contributed by atoms with Crippen LogP contribution in [0.5, 0.6) is 0 Å². The lowest BCUT2D eigenvalue weighted by Crippen LogP contribution is -2.31. The summed E-state index contributed by atoms with van der Waals surface area (Å²) in [4.78, 5) is 9.17. The van der Waals surface area contributed by atoms with Crippen molar-refractivity contribution >= 4 is 28.7 Å². The second-order valence-corrected chi connectivity index (χ2v) is 9.59.